The highest BCUT2D eigenvalue weighted by Gasteiger charge is 2.50. The molecule has 0 saturated heterocycles. The number of aliphatic hydroxyl groups is 1. The molecule has 0 aliphatic heterocycles. The molecule has 0 radical (unpaired) electrons. The predicted octanol–water partition coefficient (Wildman–Crippen LogP) is 4.49. The van der Waals surface area contributed by atoms with Crippen LogP contribution in [0.5, 0.6) is 0 Å². The standard InChI is InChI=1S/C26H36O3Si/c1-6-22(27)14-13-19-25(28)21(2)20-29-30(26(3,4)5,23-15-9-7-10-16-23)24-17-11-8-12-18-24/h6-12,15-18,21,25,28H,1,13-14,19-20H2,2-5H3/t21-,25-/m0/s1. The number of benzene rings is 2. The van der Waals surface area contributed by atoms with Crippen LogP contribution in [0.2, 0.25) is 5.04 Å². The summed E-state index contributed by atoms with van der Waals surface area (Å²) >= 11 is 0. The van der Waals surface area contributed by atoms with E-state index in [9.17, 15) is 9.90 Å². The van der Waals surface area contributed by atoms with E-state index < -0.39 is 14.4 Å². The van der Waals surface area contributed by atoms with E-state index in [1.54, 1.807) is 0 Å². The number of aliphatic hydroxyl groups excluding tert-OH is 1. The minimum atomic E-state index is -2.59. The fourth-order valence-electron chi connectivity index (χ4n) is 4.00. The maximum absolute atomic E-state index is 11.4. The molecule has 30 heavy (non-hydrogen) atoms. The van der Waals surface area contributed by atoms with Crippen molar-refractivity contribution in [3.05, 3.63) is 73.3 Å². The van der Waals surface area contributed by atoms with E-state index in [2.05, 4.69) is 75.9 Å². The van der Waals surface area contributed by atoms with E-state index in [1.807, 2.05) is 19.1 Å². The van der Waals surface area contributed by atoms with Crippen LogP contribution >= 0.6 is 0 Å². The van der Waals surface area contributed by atoms with Crippen molar-refractivity contribution in [2.75, 3.05) is 6.61 Å². The third-order valence-corrected chi connectivity index (χ3v) is 10.8. The monoisotopic (exact) mass is 424 g/mol. The van der Waals surface area contributed by atoms with Gasteiger partial charge in [-0.15, -0.1) is 0 Å². The molecule has 3 nitrogen and oxygen atoms in total. The normalized spacial score (nSPS) is 14.2. The Morgan fingerprint density at radius 3 is 2.00 bits per heavy atom. The molecular formula is C26H36O3Si. The van der Waals surface area contributed by atoms with Gasteiger partial charge in [0.05, 0.1) is 6.10 Å². The van der Waals surface area contributed by atoms with Crippen molar-refractivity contribution in [3.8, 4) is 0 Å². The Bertz CT molecular complexity index is 757. The molecule has 2 aromatic rings. The number of allylic oxidation sites excluding steroid dienone is 1. The van der Waals surface area contributed by atoms with Crippen LogP contribution in [0, 0.1) is 5.92 Å². The van der Waals surface area contributed by atoms with Crippen LogP contribution in [0.25, 0.3) is 0 Å². The van der Waals surface area contributed by atoms with Gasteiger partial charge in [-0.05, 0) is 34.3 Å². The summed E-state index contributed by atoms with van der Waals surface area (Å²) in [6.07, 6.45) is 2.53. The summed E-state index contributed by atoms with van der Waals surface area (Å²) in [4.78, 5) is 11.4. The zero-order valence-corrected chi connectivity index (χ0v) is 19.8. The van der Waals surface area contributed by atoms with E-state index in [-0.39, 0.29) is 16.7 Å². The second-order valence-corrected chi connectivity index (χ2v) is 13.4. The third-order valence-electron chi connectivity index (χ3n) is 5.79. The van der Waals surface area contributed by atoms with Gasteiger partial charge >= 0.3 is 0 Å². The van der Waals surface area contributed by atoms with Crippen LogP contribution in [0.3, 0.4) is 0 Å². The lowest BCUT2D eigenvalue weighted by atomic mass is 10.00. The summed E-state index contributed by atoms with van der Waals surface area (Å²) in [5, 5.41) is 13.0. The van der Waals surface area contributed by atoms with Gasteiger partial charge in [0.15, 0.2) is 5.78 Å². The van der Waals surface area contributed by atoms with E-state index in [0.29, 0.717) is 25.9 Å². The van der Waals surface area contributed by atoms with Gasteiger partial charge in [-0.2, -0.15) is 0 Å². The van der Waals surface area contributed by atoms with E-state index in [0.717, 1.165) is 0 Å². The Hall–Kier alpha value is -2.01. The van der Waals surface area contributed by atoms with Crippen LogP contribution in [0.1, 0.15) is 47.0 Å². The number of rotatable bonds is 11. The molecule has 0 fully saturated rings. The highest BCUT2D eigenvalue weighted by Crippen LogP contribution is 2.37. The Morgan fingerprint density at radius 2 is 1.57 bits per heavy atom. The maximum atomic E-state index is 11.4. The molecule has 0 heterocycles. The van der Waals surface area contributed by atoms with Gasteiger partial charge in [0, 0.05) is 18.9 Å². The van der Waals surface area contributed by atoms with Crippen LogP contribution in [-0.2, 0) is 9.22 Å². The lowest BCUT2D eigenvalue weighted by Crippen LogP contribution is -2.67. The fraction of sp³-hybridized carbons (Fsp3) is 0.423. The highest BCUT2D eigenvalue weighted by molar-refractivity contribution is 6.99. The zero-order valence-electron chi connectivity index (χ0n) is 18.8. The molecule has 162 valence electrons. The number of ketones is 1. The first-order valence-electron chi connectivity index (χ1n) is 10.8. The number of hydrogen-bond acceptors (Lipinski definition) is 3. The molecule has 2 atom stereocenters. The summed E-state index contributed by atoms with van der Waals surface area (Å²) < 4.78 is 6.89. The predicted molar refractivity (Wildman–Crippen MR) is 128 cm³/mol. The smallest absolute Gasteiger partial charge is 0.261 e. The first kappa shape index (κ1) is 24.3. The van der Waals surface area contributed by atoms with Crippen molar-refractivity contribution in [1.29, 1.82) is 0 Å². The quantitative estimate of drug-likeness (QED) is 0.427. The Labute approximate surface area is 182 Å². The maximum Gasteiger partial charge on any atom is 0.261 e. The van der Waals surface area contributed by atoms with Crippen LogP contribution in [0.15, 0.2) is 73.3 Å². The summed E-state index contributed by atoms with van der Waals surface area (Å²) in [6, 6.07) is 21.1. The van der Waals surface area contributed by atoms with E-state index in [4.69, 9.17) is 4.43 Å². The van der Waals surface area contributed by atoms with Crippen molar-refractivity contribution in [1.82, 2.24) is 0 Å². The molecule has 0 saturated carbocycles. The lowest BCUT2D eigenvalue weighted by molar-refractivity contribution is -0.114. The Balaban J connectivity index is 2.26. The summed E-state index contributed by atoms with van der Waals surface area (Å²) in [7, 11) is -2.59. The SMILES string of the molecule is C=CC(=O)CCC[C@H](O)[C@@H](C)CO[Si](c1ccccc1)(c1ccccc1)C(C)(C)C. The topological polar surface area (TPSA) is 46.5 Å². The highest BCUT2D eigenvalue weighted by atomic mass is 28.4. The van der Waals surface area contributed by atoms with Crippen molar-refractivity contribution in [2.24, 2.45) is 5.92 Å². The minimum absolute atomic E-state index is 0.0227. The van der Waals surface area contributed by atoms with E-state index in [1.165, 1.54) is 16.4 Å². The van der Waals surface area contributed by atoms with Crippen molar-refractivity contribution >= 4 is 24.5 Å². The van der Waals surface area contributed by atoms with Gasteiger partial charge in [0.25, 0.3) is 8.32 Å². The Kier molecular flexibility index (Phi) is 8.77. The van der Waals surface area contributed by atoms with Gasteiger partial charge in [-0.3, -0.25) is 4.79 Å². The second kappa shape index (κ2) is 10.8. The molecule has 0 unspecified atom stereocenters. The fourth-order valence-corrected chi connectivity index (χ4v) is 8.67. The number of hydrogen-bond donors (Lipinski definition) is 1. The molecule has 0 amide bonds. The van der Waals surface area contributed by atoms with Gasteiger partial charge in [-0.1, -0.05) is 94.9 Å². The molecule has 0 aliphatic carbocycles. The third kappa shape index (κ3) is 5.78. The zero-order chi connectivity index (χ0) is 22.2. The van der Waals surface area contributed by atoms with Crippen LogP contribution < -0.4 is 10.4 Å². The van der Waals surface area contributed by atoms with Gasteiger partial charge in [0.1, 0.15) is 0 Å². The van der Waals surface area contributed by atoms with Gasteiger partial charge in [0.2, 0.25) is 0 Å². The summed E-state index contributed by atoms with van der Waals surface area (Å²) in [5.41, 5.74) is 0. The van der Waals surface area contributed by atoms with E-state index >= 15 is 0 Å². The lowest BCUT2D eigenvalue weighted by Gasteiger charge is -2.43. The first-order chi connectivity index (χ1) is 14.2. The first-order valence-corrected chi connectivity index (χ1v) is 12.7. The molecule has 4 heteroatoms. The van der Waals surface area contributed by atoms with Gasteiger partial charge < -0.3 is 9.53 Å². The average molecular weight is 425 g/mol. The molecule has 1 N–H and O–H groups in total. The van der Waals surface area contributed by atoms with Crippen LogP contribution in [-0.4, -0.2) is 31.9 Å². The van der Waals surface area contributed by atoms with Gasteiger partial charge in [-0.25, -0.2) is 0 Å². The molecular weight excluding hydrogens is 388 g/mol. The van der Waals surface area contributed by atoms with Crippen LogP contribution in [0.4, 0.5) is 0 Å². The molecule has 0 spiro atoms. The largest absolute Gasteiger partial charge is 0.407 e. The molecule has 0 aliphatic rings. The molecule has 0 bridgehead atoms. The minimum Gasteiger partial charge on any atom is -0.407 e. The average Bonchev–Trinajstić information content (AvgIpc) is 2.74. The summed E-state index contributed by atoms with van der Waals surface area (Å²) in [6.45, 7) is 12.8. The number of carbonyl (C=O) groups excluding carboxylic acids is 1. The number of carbonyl (C=O) groups is 1. The summed E-state index contributed by atoms with van der Waals surface area (Å²) in [5.74, 6) is 0.00361. The molecule has 2 aromatic carbocycles. The van der Waals surface area contributed by atoms with Crippen molar-refractivity contribution in [2.45, 2.75) is 58.1 Å². The molecule has 0 aromatic heterocycles. The van der Waals surface area contributed by atoms with Crippen molar-refractivity contribution < 1.29 is 14.3 Å². The Morgan fingerprint density at radius 1 is 1.07 bits per heavy atom. The van der Waals surface area contributed by atoms with Crippen molar-refractivity contribution in [3.63, 3.8) is 0 Å². The second-order valence-electron chi connectivity index (χ2n) is 9.08. The molecule has 2 rings (SSSR count).